The van der Waals surface area contributed by atoms with E-state index in [-0.39, 0.29) is 32.4 Å². The molecule has 0 aliphatic carbocycles. The lowest BCUT2D eigenvalue weighted by Crippen LogP contribution is -2.40. The summed E-state index contributed by atoms with van der Waals surface area (Å²) in [5.41, 5.74) is 1.67. The highest BCUT2D eigenvalue weighted by atomic mass is 27.3. The number of imide groups is 1. The molecule has 2 bridgehead atoms. The van der Waals surface area contributed by atoms with E-state index in [0.29, 0.717) is 56.4 Å². The lowest BCUT2D eigenvalue weighted by molar-refractivity contribution is -0.197. The average Bonchev–Trinajstić information content (AvgIpc) is 3.18. The summed E-state index contributed by atoms with van der Waals surface area (Å²) >= 11 is -3.83. The summed E-state index contributed by atoms with van der Waals surface area (Å²) in [5.74, 6) is -3.20. The highest BCUT2D eigenvalue weighted by molar-refractivity contribution is 6.41. The summed E-state index contributed by atoms with van der Waals surface area (Å²) in [4.78, 5) is 70.4. The van der Waals surface area contributed by atoms with Crippen molar-refractivity contribution in [3.05, 3.63) is 35.4 Å². The molecule has 37 heavy (non-hydrogen) atoms. The minimum Gasteiger partial charge on any atom is -0.558 e. The van der Waals surface area contributed by atoms with Crippen LogP contribution in [0.2, 0.25) is 0 Å². The van der Waals surface area contributed by atoms with Gasteiger partial charge in [0.05, 0.1) is 19.5 Å². The van der Waals surface area contributed by atoms with Crippen molar-refractivity contribution in [2.24, 2.45) is 0 Å². The van der Waals surface area contributed by atoms with Crippen molar-refractivity contribution in [3.63, 3.8) is 0 Å². The number of rotatable bonds is 5. The van der Waals surface area contributed by atoms with Gasteiger partial charge in [0.1, 0.15) is 0 Å². The highest BCUT2D eigenvalue weighted by Gasteiger charge is 2.42. The van der Waals surface area contributed by atoms with Crippen LogP contribution in [0.1, 0.15) is 24.0 Å². The Morgan fingerprint density at radius 1 is 0.811 bits per heavy atom. The molecule has 14 heteroatoms. The fourth-order valence-corrected chi connectivity index (χ4v) is 4.92. The van der Waals surface area contributed by atoms with E-state index < -0.39 is 45.0 Å². The van der Waals surface area contributed by atoms with Crippen molar-refractivity contribution in [3.8, 4) is 0 Å². The molecule has 0 saturated carbocycles. The SMILES string of the molecule is O=C(Cc1ccc(CN2CCN3CCN(CC2)CC(=O)[O][Al]([18F])[O]C(=O)C3)cc1)ON1C(=O)CCC1=O. The number of halogens is 1. The lowest BCUT2D eigenvalue weighted by atomic mass is 10.1. The van der Waals surface area contributed by atoms with Gasteiger partial charge in [-0.2, -0.15) is 0 Å². The summed E-state index contributed by atoms with van der Waals surface area (Å²) in [6, 6.07) is 7.34. The van der Waals surface area contributed by atoms with E-state index >= 15 is 0 Å². The first-order valence-corrected chi connectivity index (χ1v) is 13.5. The summed E-state index contributed by atoms with van der Waals surface area (Å²) in [5, 5.41) is 0.535. The fraction of sp³-hybridized carbons (Fsp3) is 0.522. The van der Waals surface area contributed by atoms with E-state index in [2.05, 4.69) is 12.5 Å². The maximum absolute atomic E-state index is 13.8. The number of amides is 2. The van der Waals surface area contributed by atoms with Crippen LogP contribution in [0.4, 0.5) is 3.52 Å². The molecule has 3 aliphatic heterocycles. The minimum absolute atomic E-state index is 0.0423. The molecule has 0 aromatic heterocycles. The first-order chi connectivity index (χ1) is 17.7. The number of carbonyl (C=O) groups excluding carboxylic acids is 5. The van der Waals surface area contributed by atoms with Crippen molar-refractivity contribution < 1.29 is 39.9 Å². The molecular weight excluding hydrogens is 505 g/mol. The van der Waals surface area contributed by atoms with E-state index in [9.17, 15) is 27.5 Å². The Kier molecular flexibility index (Phi) is 9.23. The van der Waals surface area contributed by atoms with Crippen molar-refractivity contribution in [1.29, 1.82) is 0 Å². The second-order valence-corrected chi connectivity index (χ2v) is 10.1. The molecule has 1 aromatic carbocycles. The van der Waals surface area contributed by atoms with Crippen molar-refractivity contribution >= 4 is 45.0 Å². The second-order valence-electron chi connectivity index (χ2n) is 9.12. The standard InChI is InChI=1S/C23H30N4O8.Al.FH/c28-19-5-6-20(29)27(19)35-23(34)13-17-1-3-18(4-2-17)14-24-7-9-25(15-21(30)31)11-12-26(10-8-24)16-22(32)33;;/h1-4H,5-16H2,(H,30,31)(H,32,33);;1H/q;+3;/p-3/i;;1-1. The number of carbonyl (C=O) groups is 5. The number of hydrogen-bond acceptors (Lipinski definition) is 11. The first-order valence-electron chi connectivity index (χ1n) is 12.1. The number of nitrogens with zero attached hydrogens (tertiary/aromatic N) is 4. The molecule has 2 atom stereocenters. The maximum atomic E-state index is 13.8. The van der Waals surface area contributed by atoms with Crippen LogP contribution in [-0.2, 0) is 49.4 Å². The van der Waals surface area contributed by atoms with Gasteiger partial charge in [-0.1, -0.05) is 24.3 Å². The Morgan fingerprint density at radius 3 is 1.84 bits per heavy atom. The molecule has 12 nitrogen and oxygen atoms in total. The van der Waals surface area contributed by atoms with E-state index in [1.165, 1.54) is 0 Å². The molecule has 0 radical (unpaired) electrons. The third-order valence-electron chi connectivity index (χ3n) is 6.33. The van der Waals surface area contributed by atoms with Gasteiger partial charge in [-0.25, -0.2) is 4.79 Å². The van der Waals surface area contributed by atoms with E-state index in [1.807, 2.05) is 21.9 Å². The predicted molar refractivity (Wildman–Crippen MR) is 125 cm³/mol. The Labute approximate surface area is 218 Å². The van der Waals surface area contributed by atoms with Gasteiger partial charge in [-0.05, 0) is 11.1 Å². The molecule has 3 fully saturated rings. The quantitative estimate of drug-likeness (QED) is 0.353. The second kappa shape index (κ2) is 12.6. The summed E-state index contributed by atoms with van der Waals surface area (Å²) < 4.78 is 23.2. The molecule has 3 aliphatic rings. The summed E-state index contributed by atoms with van der Waals surface area (Å²) in [6.07, 6.45) is 0.00103. The summed E-state index contributed by atoms with van der Waals surface area (Å²) in [6.45, 7) is 3.93. The first kappa shape index (κ1) is 27.2. The van der Waals surface area contributed by atoms with Gasteiger partial charge in [0.25, 0.3) is 23.8 Å². The third-order valence-corrected chi connectivity index (χ3v) is 7.22. The van der Waals surface area contributed by atoms with Gasteiger partial charge >= 0.3 is 21.2 Å². The van der Waals surface area contributed by atoms with Crippen LogP contribution in [0.3, 0.4) is 0 Å². The zero-order chi connectivity index (χ0) is 26.4. The van der Waals surface area contributed by atoms with Crippen molar-refractivity contribution in [2.45, 2.75) is 25.8 Å². The van der Waals surface area contributed by atoms with E-state index in [4.69, 9.17) is 4.84 Å². The number of fused-ring (bicyclic) bond motifs is 3. The topological polar surface area (TPSA) is 126 Å². The number of hydrogen-bond donors (Lipinski definition) is 0. The maximum Gasteiger partial charge on any atom is 1.15 e. The molecule has 0 spiro atoms. The van der Waals surface area contributed by atoms with Gasteiger partial charge in [0.2, 0.25) is 0 Å². The van der Waals surface area contributed by atoms with Crippen LogP contribution in [0.15, 0.2) is 24.3 Å². The number of hydroxylamine groups is 2. The molecular formula is C23H28AlFN4O8. The zero-order valence-electron chi connectivity index (χ0n) is 20.3. The molecule has 3 saturated heterocycles. The van der Waals surface area contributed by atoms with Gasteiger partial charge in [0.15, 0.2) is 0 Å². The van der Waals surface area contributed by atoms with Crippen LogP contribution >= 0.6 is 0 Å². The van der Waals surface area contributed by atoms with Crippen molar-refractivity contribution in [1.82, 2.24) is 19.8 Å². The van der Waals surface area contributed by atoms with Gasteiger partial charge < -0.3 is 15.9 Å². The monoisotopic (exact) mass is 533 g/mol. The van der Waals surface area contributed by atoms with Crippen LogP contribution in [0.25, 0.3) is 0 Å². The van der Waals surface area contributed by atoms with Gasteiger partial charge in [0, 0.05) is 58.7 Å². The minimum atomic E-state index is -3.83. The average molecular weight is 533 g/mol. The molecule has 198 valence electrons. The van der Waals surface area contributed by atoms with Crippen LogP contribution in [-0.4, -0.2) is 117 Å². The van der Waals surface area contributed by atoms with Crippen LogP contribution < -0.4 is 0 Å². The van der Waals surface area contributed by atoms with Crippen LogP contribution in [0.5, 0.6) is 0 Å². The van der Waals surface area contributed by atoms with E-state index in [0.717, 1.165) is 5.56 Å². The molecule has 4 rings (SSSR count). The van der Waals surface area contributed by atoms with Gasteiger partial charge in [-0.15, -0.1) is 5.06 Å². The normalized spacial score (nSPS) is 24.0. The molecule has 2 amide bonds. The molecule has 0 N–H and O–H groups in total. The van der Waals surface area contributed by atoms with Gasteiger partial charge in [-0.3, -0.25) is 33.9 Å². The Balaban J connectivity index is 1.34. The third kappa shape index (κ3) is 8.05. The lowest BCUT2D eigenvalue weighted by Gasteiger charge is -2.26. The zero-order valence-corrected chi connectivity index (χ0v) is 21.5. The summed E-state index contributed by atoms with van der Waals surface area (Å²) in [7, 11) is 0. The fourth-order valence-electron chi connectivity index (χ4n) is 4.31. The molecule has 2 unspecified atom stereocenters. The van der Waals surface area contributed by atoms with Crippen molar-refractivity contribution in [2.75, 3.05) is 52.4 Å². The van der Waals surface area contributed by atoms with Crippen LogP contribution in [0, 0.1) is 0 Å². The van der Waals surface area contributed by atoms with E-state index in [1.54, 1.807) is 12.1 Å². The molecule has 3 heterocycles. The highest BCUT2D eigenvalue weighted by Crippen LogP contribution is 2.15. The largest absolute Gasteiger partial charge is 1.15 e. The molecule has 1 aromatic rings. The Morgan fingerprint density at radius 2 is 1.30 bits per heavy atom. The number of benzene rings is 1. The Bertz CT molecular complexity index is 994. The smallest absolute Gasteiger partial charge is 0.558 e. The predicted octanol–water partition coefficient (Wildman–Crippen LogP) is -0.690. The Hall–Kier alpha value is -2.89.